The number of nitrogens with one attached hydrogen (secondary N) is 1. The maximum absolute atomic E-state index is 10.6. The van der Waals surface area contributed by atoms with Crippen LogP contribution in [0.5, 0.6) is 0 Å². The van der Waals surface area contributed by atoms with Crippen molar-refractivity contribution in [2.75, 3.05) is 0 Å². The Morgan fingerprint density at radius 2 is 2.22 bits per heavy atom. The van der Waals surface area contributed by atoms with Gasteiger partial charge in [0.15, 0.2) is 0 Å². The smallest absolute Gasteiger partial charge is 0.236 e. The molecule has 0 fully saturated rings. The van der Waals surface area contributed by atoms with E-state index in [1.54, 1.807) is 6.26 Å². The number of hydrogen-bond donors (Lipinski definition) is 1. The minimum absolute atomic E-state index is 0.229. The second-order valence-electron chi connectivity index (χ2n) is 3.67. The van der Waals surface area contributed by atoms with Crippen molar-refractivity contribution in [3.63, 3.8) is 0 Å². The van der Waals surface area contributed by atoms with Crippen LogP contribution in [0.2, 0.25) is 5.02 Å². The van der Waals surface area contributed by atoms with E-state index in [0.29, 0.717) is 10.8 Å². The number of benzene rings is 1. The number of carbonyl (C=O) groups excluding carboxylic acids is 1. The van der Waals surface area contributed by atoms with E-state index in [0.717, 1.165) is 11.1 Å². The van der Waals surface area contributed by atoms with E-state index in [4.69, 9.17) is 16.0 Å². The zero-order chi connectivity index (χ0) is 13.0. The van der Waals surface area contributed by atoms with E-state index < -0.39 is 0 Å². The van der Waals surface area contributed by atoms with Gasteiger partial charge in [0.2, 0.25) is 5.91 Å². The second kappa shape index (κ2) is 5.51. The highest BCUT2D eigenvalue weighted by Crippen LogP contribution is 2.24. The lowest BCUT2D eigenvalue weighted by Crippen LogP contribution is -2.12. The van der Waals surface area contributed by atoms with Gasteiger partial charge in [-0.3, -0.25) is 4.79 Å². The summed E-state index contributed by atoms with van der Waals surface area (Å²) in [7, 11) is 0. The SMILES string of the molecule is CC(=O)N/N=C/c1cc(-c2cccc(Cl)c2)co1. The van der Waals surface area contributed by atoms with Crippen LogP contribution in [0.1, 0.15) is 12.7 Å². The molecule has 0 bridgehead atoms. The molecule has 0 aliphatic rings. The van der Waals surface area contributed by atoms with Crippen molar-refractivity contribution >= 4 is 23.7 Å². The first-order chi connectivity index (χ1) is 8.65. The Balaban J connectivity index is 2.15. The molecule has 92 valence electrons. The summed E-state index contributed by atoms with van der Waals surface area (Å²) < 4.78 is 5.30. The maximum atomic E-state index is 10.6. The average molecular weight is 263 g/mol. The van der Waals surface area contributed by atoms with Gasteiger partial charge in [-0.05, 0) is 23.8 Å². The quantitative estimate of drug-likeness (QED) is 0.683. The minimum Gasteiger partial charge on any atom is -0.463 e. The molecule has 1 aromatic heterocycles. The molecule has 4 nitrogen and oxygen atoms in total. The fourth-order valence-corrected chi connectivity index (χ4v) is 1.62. The number of carbonyl (C=O) groups is 1. The van der Waals surface area contributed by atoms with Crippen molar-refractivity contribution < 1.29 is 9.21 Å². The van der Waals surface area contributed by atoms with Crippen molar-refractivity contribution in [2.45, 2.75) is 6.92 Å². The summed E-state index contributed by atoms with van der Waals surface area (Å²) >= 11 is 5.92. The van der Waals surface area contributed by atoms with Gasteiger partial charge in [0.05, 0.1) is 12.5 Å². The Morgan fingerprint density at radius 1 is 1.39 bits per heavy atom. The third-order valence-electron chi connectivity index (χ3n) is 2.19. The molecule has 0 saturated carbocycles. The van der Waals surface area contributed by atoms with Crippen molar-refractivity contribution in [1.82, 2.24) is 5.43 Å². The number of halogens is 1. The number of furan rings is 1. The molecule has 0 saturated heterocycles. The van der Waals surface area contributed by atoms with Gasteiger partial charge in [-0.25, -0.2) is 5.43 Å². The summed E-state index contributed by atoms with van der Waals surface area (Å²) in [5.74, 6) is 0.326. The summed E-state index contributed by atoms with van der Waals surface area (Å²) in [5, 5.41) is 4.39. The third kappa shape index (κ3) is 3.21. The van der Waals surface area contributed by atoms with E-state index in [2.05, 4.69) is 10.5 Å². The van der Waals surface area contributed by atoms with Crippen molar-refractivity contribution in [2.24, 2.45) is 5.10 Å². The van der Waals surface area contributed by atoms with Gasteiger partial charge in [-0.2, -0.15) is 5.10 Å². The van der Waals surface area contributed by atoms with Crippen molar-refractivity contribution in [3.8, 4) is 11.1 Å². The monoisotopic (exact) mass is 262 g/mol. The standard InChI is InChI=1S/C13H11ClN2O2/c1-9(17)16-15-7-13-6-11(8-18-13)10-3-2-4-12(14)5-10/h2-8H,1H3,(H,16,17)/b15-7+. The highest BCUT2D eigenvalue weighted by atomic mass is 35.5. The zero-order valence-corrected chi connectivity index (χ0v) is 10.4. The van der Waals surface area contributed by atoms with Crippen LogP contribution in [0.15, 0.2) is 46.1 Å². The molecular formula is C13H11ClN2O2. The number of rotatable bonds is 3. The number of amides is 1. The Morgan fingerprint density at radius 3 is 2.94 bits per heavy atom. The Bertz CT molecular complexity index is 590. The van der Waals surface area contributed by atoms with Crippen LogP contribution in [0, 0.1) is 0 Å². The summed E-state index contributed by atoms with van der Waals surface area (Å²) in [6, 6.07) is 9.28. The van der Waals surface area contributed by atoms with Crippen molar-refractivity contribution in [1.29, 1.82) is 0 Å². The van der Waals surface area contributed by atoms with Gasteiger partial charge >= 0.3 is 0 Å². The van der Waals surface area contributed by atoms with Crippen LogP contribution in [0.4, 0.5) is 0 Å². The van der Waals surface area contributed by atoms with Gasteiger partial charge < -0.3 is 4.42 Å². The van der Waals surface area contributed by atoms with E-state index in [-0.39, 0.29) is 5.91 Å². The first-order valence-electron chi connectivity index (χ1n) is 5.29. The van der Waals surface area contributed by atoms with Crippen LogP contribution in [0.3, 0.4) is 0 Å². The first kappa shape index (κ1) is 12.4. The van der Waals surface area contributed by atoms with Crippen LogP contribution in [-0.2, 0) is 4.79 Å². The molecule has 5 heteroatoms. The lowest BCUT2D eigenvalue weighted by atomic mass is 10.1. The molecule has 1 heterocycles. The Hall–Kier alpha value is -2.07. The molecule has 0 aliphatic heterocycles. The second-order valence-corrected chi connectivity index (χ2v) is 4.11. The fourth-order valence-electron chi connectivity index (χ4n) is 1.43. The average Bonchev–Trinajstić information content (AvgIpc) is 2.77. The van der Waals surface area contributed by atoms with Gasteiger partial charge in [-0.15, -0.1) is 0 Å². The number of hydrogen-bond acceptors (Lipinski definition) is 3. The topological polar surface area (TPSA) is 54.6 Å². The molecule has 18 heavy (non-hydrogen) atoms. The van der Waals surface area contributed by atoms with Crippen molar-refractivity contribution in [3.05, 3.63) is 47.4 Å². The van der Waals surface area contributed by atoms with E-state index in [1.165, 1.54) is 13.1 Å². The predicted octanol–water partition coefficient (Wildman–Crippen LogP) is 3.07. The van der Waals surface area contributed by atoms with Crippen LogP contribution < -0.4 is 5.43 Å². The first-order valence-corrected chi connectivity index (χ1v) is 5.67. The summed E-state index contributed by atoms with van der Waals surface area (Å²) in [6.45, 7) is 1.39. The molecule has 0 atom stereocenters. The zero-order valence-electron chi connectivity index (χ0n) is 9.68. The highest BCUT2D eigenvalue weighted by Gasteiger charge is 2.03. The maximum Gasteiger partial charge on any atom is 0.236 e. The third-order valence-corrected chi connectivity index (χ3v) is 2.43. The molecule has 1 N–H and O–H groups in total. The van der Waals surface area contributed by atoms with Gasteiger partial charge in [-0.1, -0.05) is 23.7 Å². The molecule has 1 aromatic carbocycles. The van der Waals surface area contributed by atoms with Gasteiger partial charge in [0.1, 0.15) is 5.76 Å². The van der Waals surface area contributed by atoms with E-state index >= 15 is 0 Å². The number of nitrogens with zero attached hydrogens (tertiary/aromatic N) is 1. The lowest BCUT2D eigenvalue weighted by molar-refractivity contribution is -0.118. The molecule has 2 rings (SSSR count). The Labute approximate surface area is 109 Å². The molecular weight excluding hydrogens is 252 g/mol. The normalized spacial score (nSPS) is 10.8. The van der Waals surface area contributed by atoms with Crippen LogP contribution >= 0.6 is 11.6 Å². The number of hydrazone groups is 1. The van der Waals surface area contributed by atoms with Gasteiger partial charge in [0.25, 0.3) is 0 Å². The molecule has 0 spiro atoms. The van der Waals surface area contributed by atoms with E-state index in [1.807, 2.05) is 30.3 Å². The van der Waals surface area contributed by atoms with Gasteiger partial charge in [0, 0.05) is 17.5 Å². The van der Waals surface area contributed by atoms with Crippen LogP contribution in [0.25, 0.3) is 11.1 Å². The van der Waals surface area contributed by atoms with E-state index in [9.17, 15) is 4.79 Å². The summed E-state index contributed by atoms with van der Waals surface area (Å²) in [6.07, 6.45) is 3.05. The predicted molar refractivity (Wildman–Crippen MR) is 70.6 cm³/mol. The lowest BCUT2D eigenvalue weighted by Gasteiger charge is -1.95. The molecule has 0 aliphatic carbocycles. The minimum atomic E-state index is -0.229. The van der Waals surface area contributed by atoms with Crippen LogP contribution in [-0.4, -0.2) is 12.1 Å². The molecule has 1 amide bonds. The Kier molecular flexibility index (Phi) is 3.79. The molecule has 0 radical (unpaired) electrons. The molecule has 0 unspecified atom stereocenters. The highest BCUT2D eigenvalue weighted by molar-refractivity contribution is 6.30. The summed E-state index contributed by atoms with van der Waals surface area (Å²) in [5.41, 5.74) is 4.17. The fraction of sp³-hybridized carbons (Fsp3) is 0.0769. The largest absolute Gasteiger partial charge is 0.463 e. The molecule has 2 aromatic rings. The summed E-state index contributed by atoms with van der Waals surface area (Å²) in [4.78, 5) is 10.6.